The predicted octanol–water partition coefficient (Wildman–Crippen LogP) is 0.712. The van der Waals surface area contributed by atoms with E-state index in [4.69, 9.17) is 0 Å². The second kappa shape index (κ2) is 4.29. The molecule has 1 aliphatic rings. The van der Waals surface area contributed by atoms with Gasteiger partial charge in [-0.25, -0.2) is 14.5 Å². The number of rotatable bonds is 3. The number of aromatic nitrogens is 1. The van der Waals surface area contributed by atoms with Crippen LogP contribution < -0.4 is 5.32 Å². The number of aliphatic carboxylic acids is 1. The van der Waals surface area contributed by atoms with Gasteiger partial charge in [0.25, 0.3) is 5.91 Å². The van der Waals surface area contributed by atoms with Crippen molar-refractivity contribution in [1.82, 2.24) is 15.2 Å². The lowest BCUT2D eigenvalue weighted by molar-refractivity contribution is -0.153. The molecule has 7 nitrogen and oxygen atoms in total. The molecule has 0 spiro atoms. The zero-order valence-electron chi connectivity index (χ0n) is 11.4. The van der Waals surface area contributed by atoms with Crippen molar-refractivity contribution in [1.29, 1.82) is 0 Å². The van der Waals surface area contributed by atoms with Crippen LogP contribution in [0.25, 0.3) is 0 Å². The fourth-order valence-electron chi connectivity index (χ4n) is 2.10. The van der Waals surface area contributed by atoms with Crippen LogP contribution in [-0.2, 0) is 15.1 Å². The summed E-state index contributed by atoms with van der Waals surface area (Å²) in [5, 5.41) is 11.7. The average molecular weight is 277 g/mol. The van der Waals surface area contributed by atoms with Gasteiger partial charge in [-0.15, -0.1) is 0 Å². The number of urea groups is 1. The van der Waals surface area contributed by atoms with Crippen molar-refractivity contribution in [2.45, 2.75) is 31.8 Å². The molecule has 0 saturated carbocycles. The van der Waals surface area contributed by atoms with Crippen LogP contribution in [0.1, 0.15) is 26.3 Å². The highest BCUT2D eigenvalue weighted by atomic mass is 16.4. The standard InChI is InChI=1S/C13H15N3O4/c1-12(2,10(18)19)16-9(17)13(3,15-11(16)20)8-5-4-6-14-7-8/h4-7H,1-3H3,(H,15,20)(H,18,19). The number of hydrogen-bond acceptors (Lipinski definition) is 4. The van der Waals surface area contributed by atoms with Crippen LogP contribution in [0.2, 0.25) is 0 Å². The molecule has 2 heterocycles. The van der Waals surface area contributed by atoms with Crippen LogP contribution in [0.5, 0.6) is 0 Å². The molecule has 7 heteroatoms. The maximum absolute atomic E-state index is 12.5. The van der Waals surface area contributed by atoms with Gasteiger partial charge in [0.05, 0.1) is 0 Å². The molecule has 0 radical (unpaired) electrons. The maximum Gasteiger partial charge on any atom is 0.329 e. The Morgan fingerprint density at radius 3 is 2.60 bits per heavy atom. The topological polar surface area (TPSA) is 99.6 Å². The first-order valence-electron chi connectivity index (χ1n) is 6.02. The third kappa shape index (κ3) is 1.82. The minimum atomic E-state index is -1.62. The molecular formula is C13H15N3O4. The van der Waals surface area contributed by atoms with Crippen molar-refractivity contribution >= 4 is 17.9 Å². The molecule has 1 aromatic heterocycles. The van der Waals surface area contributed by atoms with E-state index in [-0.39, 0.29) is 0 Å². The van der Waals surface area contributed by atoms with E-state index in [1.54, 1.807) is 18.3 Å². The summed E-state index contributed by atoms with van der Waals surface area (Å²) in [5.41, 5.74) is -2.43. The molecule has 1 saturated heterocycles. The highest BCUT2D eigenvalue weighted by Gasteiger charge is 2.56. The summed E-state index contributed by atoms with van der Waals surface area (Å²) >= 11 is 0. The van der Waals surface area contributed by atoms with Crippen molar-refractivity contribution < 1.29 is 19.5 Å². The van der Waals surface area contributed by atoms with E-state index >= 15 is 0 Å². The average Bonchev–Trinajstić information content (AvgIpc) is 2.62. The number of amides is 3. The molecule has 1 fully saturated rings. The molecule has 1 aliphatic heterocycles. The number of carbonyl (C=O) groups excluding carboxylic acids is 2. The van der Waals surface area contributed by atoms with Crippen molar-refractivity contribution in [2.75, 3.05) is 0 Å². The summed E-state index contributed by atoms with van der Waals surface area (Å²) in [6.07, 6.45) is 3.02. The number of pyridine rings is 1. The number of imide groups is 1. The second-order valence-electron chi connectivity index (χ2n) is 5.30. The van der Waals surface area contributed by atoms with Gasteiger partial charge in [-0.2, -0.15) is 0 Å². The van der Waals surface area contributed by atoms with Crippen LogP contribution in [0.15, 0.2) is 24.5 Å². The fraction of sp³-hybridized carbons (Fsp3) is 0.385. The molecule has 0 aromatic carbocycles. The van der Waals surface area contributed by atoms with Gasteiger partial charge < -0.3 is 10.4 Å². The number of nitrogens with zero attached hydrogens (tertiary/aromatic N) is 2. The van der Waals surface area contributed by atoms with E-state index in [1.165, 1.54) is 27.0 Å². The molecular weight excluding hydrogens is 262 g/mol. The molecule has 1 atom stereocenters. The first-order valence-corrected chi connectivity index (χ1v) is 6.02. The van der Waals surface area contributed by atoms with Gasteiger partial charge in [0.1, 0.15) is 11.1 Å². The molecule has 1 aromatic rings. The Kier molecular flexibility index (Phi) is 3.00. The van der Waals surface area contributed by atoms with Crippen LogP contribution in [0, 0.1) is 0 Å². The summed E-state index contributed by atoms with van der Waals surface area (Å²) in [6.45, 7) is 4.14. The maximum atomic E-state index is 12.5. The van der Waals surface area contributed by atoms with E-state index in [9.17, 15) is 19.5 Å². The zero-order chi connectivity index (χ0) is 15.1. The normalized spacial score (nSPS) is 22.9. The Balaban J connectivity index is 2.47. The lowest BCUT2D eigenvalue weighted by Gasteiger charge is -2.29. The zero-order valence-corrected chi connectivity index (χ0v) is 11.4. The molecule has 106 valence electrons. The van der Waals surface area contributed by atoms with Gasteiger partial charge >= 0.3 is 12.0 Å². The highest BCUT2D eigenvalue weighted by molar-refractivity contribution is 6.10. The summed E-state index contributed by atoms with van der Waals surface area (Å²) in [4.78, 5) is 40.5. The van der Waals surface area contributed by atoms with Gasteiger partial charge in [0.15, 0.2) is 0 Å². The van der Waals surface area contributed by atoms with Gasteiger partial charge in [-0.3, -0.25) is 9.78 Å². The number of carboxylic acid groups (broad SMARTS) is 1. The van der Waals surface area contributed by atoms with E-state index in [0.29, 0.717) is 5.56 Å². The SMILES string of the molecule is CC1(c2cccnc2)NC(=O)N(C(C)(C)C(=O)O)C1=O. The number of carbonyl (C=O) groups is 3. The van der Waals surface area contributed by atoms with E-state index in [1.807, 2.05) is 0 Å². The van der Waals surface area contributed by atoms with Crippen LogP contribution in [0.4, 0.5) is 4.79 Å². The van der Waals surface area contributed by atoms with Gasteiger partial charge in [0, 0.05) is 18.0 Å². The minimum absolute atomic E-state index is 0.502. The van der Waals surface area contributed by atoms with Crippen molar-refractivity contribution in [3.8, 4) is 0 Å². The molecule has 3 amide bonds. The molecule has 0 aliphatic carbocycles. The Morgan fingerprint density at radius 1 is 1.45 bits per heavy atom. The van der Waals surface area contributed by atoms with Crippen molar-refractivity contribution in [3.63, 3.8) is 0 Å². The molecule has 20 heavy (non-hydrogen) atoms. The predicted molar refractivity (Wildman–Crippen MR) is 68.7 cm³/mol. The number of carboxylic acids is 1. The monoisotopic (exact) mass is 277 g/mol. The van der Waals surface area contributed by atoms with Gasteiger partial charge in [-0.1, -0.05) is 6.07 Å². The highest BCUT2D eigenvalue weighted by Crippen LogP contribution is 2.32. The van der Waals surface area contributed by atoms with Gasteiger partial charge in [-0.05, 0) is 26.8 Å². The summed E-state index contributed by atoms with van der Waals surface area (Å²) < 4.78 is 0. The molecule has 1 unspecified atom stereocenters. The summed E-state index contributed by atoms with van der Waals surface area (Å²) in [5.74, 6) is -1.86. The van der Waals surface area contributed by atoms with E-state index in [0.717, 1.165) is 4.90 Å². The second-order valence-corrected chi connectivity index (χ2v) is 5.30. The number of nitrogens with one attached hydrogen (secondary N) is 1. The first-order chi connectivity index (χ1) is 9.21. The van der Waals surface area contributed by atoms with Crippen LogP contribution >= 0.6 is 0 Å². The smallest absolute Gasteiger partial charge is 0.329 e. The lowest BCUT2D eigenvalue weighted by Crippen LogP contribution is -2.54. The van der Waals surface area contributed by atoms with Gasteiger partial charge in [0.2, 0.25) is 0 Å². The first kappa shape index (κ1) is 14.0. The largest absolute Gasteiger partial charge is 0.480 e. The van der Waals surface area contributed by atoms with Crippen molar-refractivity contribution in [2.24, 2.45) is 0 Å². The third-order valence-electron chi connectivity index (χ3n) is 3.51. The lowest BCUT2D eigenvalue weighted by atomic mass is 9.92. The molecule has 2 N–H and O–H groups in total. The summed E-state index contributed by atoms with van der Waals surface area (Å²) in [7, 11) is 0. The Hall–Kier alpha value is -2.44. The molecule has 2 rings (SSSR count). The molecule has 0 bridgehead atoms. The third-order valence-corrected chi connectivity index (χ3v) is 3.51. The fourth-order valence-corrected chi connectivity index (χ4v) is 2.10. The number of hydrogen-bond donors (Lipinski definition) is 2. The Labute approximate surface area is 115 Å². The minimum Gasteiger partial charge on any atom is -0.480 e. The van der Waals surface area contributed by atoms with E-state index < -0.39 is 29.0 Å². The van der Waals surface area contributed by atoms with Crippen LogP contribution in [0.3, 0.4) is 0 Å². The summed E-state index contributed by atoms with van der Waals surface area (Å²) in [6, 6.07) is 2.57. The Bertz CT molecular complexity index is 585. The van der Waals surface area contributed by atoms with Crippen LogP contribution in [-0.4, -0.2) is 38.4 Å². The van der Waals surface area contributed by atoms with E-state index in [2.05, 4.69) is 10.3 Å². The van der Waals surface area contributed by atoms with Crippen molar-refractivity contribution in [3.05, 3.63) is 30.1 Å². The quantitative estimate of drug-likeness (QED) is 0.793. The Morgan fingerprint density at radius 2 is 2.10 bits per heavy atom.